The van der Waals surface area contributed by atoms with Gasteiger partial charge < -0.3 is 4.90 Å². The fourth-order valence-electron chi connectivity index (χ4n) is 2.24. The summed E-state index contributed by atoms with van der Waals surface area (Å²) < 4.78 is 0. The molecule has 102 valence electrons. The monoisotopic (exact) mass is 303 g/mol. The Labute approximate surface area is 127 Å². The molecule has 0 amide bonds. The lowest BCUT2D eigenvalue weighted by Gasteiger charge is -2.25. The van der Waals surface area contributed by atoms with Crippen molar-refractivity contribution < 1.29 is 0 Å². The van der Waals surface area contributed by atoms with Crippen LogP contribution < -0.4 is 4.90 Å². The van der Waals surface area contributed by atoms with Gasteiger partial charge in [0, 0.05) is 28.5 Å². The first-order chi connectivity index (χ1) is 9.65. The standard InChI is InChI=1S/C15H14ClN3S/c1-10-9-14(18-11(2)17-10)19-7-8-20-15(19)12-5-3-4-6-13(12)16/h3-9,15H,1-2H3. The fourth-order valence-corrected chi connectivity index (χ4v) is 3.56. The van der Waals surface area contributed by atoms with Crippen LogP contribution in [0.5, 0.6) is 0 Å². The molecule has 0 N–H and O–H groups in total. The van der Waals surface area contributed by atoms with Crippen molar-refractivity contribution in [2.75, 3.05) is 4.90 Å². The Hall–Kier alpha value is -1.52. The maximum Gasteiger partial charge on any atom is 0.137 e. The van der Waals surface area contributed by atoms with Crippen molar-refractivity contribution in [1.82, 2.24) is 9.97 Å². The molecule has 0 fully saturated rings. The number of hydrogen-bond acceptors (Lipinski definition) is 4. The van der Waals surface area contributed by atoms with E-state index < -0.39 is 0 Å². The van der Waals surface area contributed by atoms with E-state index in [-0.39, 0.29) is 5.37 Å². The zero-order valence-corrected chi connectivity index (χ0v) is 12.8. The van der Waals surface area contributed by atoms with Gasteiger partial charge in [-0.1, -0.05) is 29.8 Å². The van der Waals surface area contributed by atoms with Gasteiger partial charge in [0.05, 0.1) is 0 Å². The molecule has 3 nitrogen and oxygen atoms in total. The summed E-state index contributed by atoms with van der Waals surface area (Å²) in [5, 5.41) is 2.97. The van der Waals surface area contributed by atoms with Gasteiger partial charge in [0.1, 0.15) is 17.0 Å². The maximum atomic E-state index is 6.32. The Kier molecular flexibility index (Phi) is 3.68. The number of rotatable bonds is 2. The van der Waals surface area contributed by atoms with Crippen LogP contribution in [0.4, 0.5) is 5.82 Å². The highest BCUT2D eigenvalue weighted by atomic mass is 35.5. The highest BCUT2D eigenvalue weighted by molar-refractivity contribution is 8.02. The van der Waals surface area contributed by atoms with Crippen molar-refractivity contribution in [2.24, 2.45) is 0 Å². The average molecular weight is 304 g/mol. The Morgan fingerprint density at radius 2 is 2.00 bits per heavy atom. The third-order valence-electron chi connectivity index (χ3n) is 3.07. The summed E-state index contributed by atoms with van der Waals surface area (Å²) in [7, 11) is 0. The molecule has 1 aliphatic heterocycles. The third-order valence-corrected chi connectivity index (χ3v) is 4.43. The molecule has 2 aromatic rings. The molecule has 0 radical (unpaired) electrons. The molecule has 3 rings (SSSR count). The minimum absolute atomic E-state index is 0.123. The molecular formula is C15H14ClN3S. The van der Waals surface area contributed by atoms with Crippen LogP contribution in [-0.4, -0.2) is 9.97 Å². The lowest BCUT2D eigenvalue weighted by atomic mass is 10.2. The summed E-state index contributed by atoms with van der Waals surface area (Å²) in [6, 6.07) is 9.93. The molecule has 2 heterocycles. The lowest BCUT2D eigenvalue weighted by Crippen LogP contribution is -2.19. The summed E-state index contributed by atoms with van der Waals surface area (Å²) in [6.07, 6.45) is 2.04. The van der Waals surface area contributed by atoms with Crippen molar-refractivity contribution >= 4 is 29.2 Å². The van der Waals surface area contributed by atoms with Crippen molar-refractivity contribution in [3.8, 4) is 0 Å². The number of aryl methyl sites for hydroxylation is 2. The molecule has 1 aliphatic rings. The molecule has 20 heavy (non-hydrogen) atoms. The van der Waals surface area contributed by atoms with Gasteiger partial charge in [-0.25, -0.2) is 9.97 Å². The normalized spacial score (nSPS) is 17.8. The minimum Gasteiger partial charge on any atom is -0.315 e. The van der Waals surface area contributed by atoms with E-state index in [1.165, 1.54) is 0 Å². The maximum absolute atomic E-state index is 6.32. The predicted molar refractivity (Wildman–Crippen MR) is 84.9 cm³/mol. The highest BCUT2D eigenvalue weighted by Crippen LogP contribution is 2.43. The van der Waals surface area contributed by atoms with Gasteiger partial charge in [-0.15, -0.1) is 11.8 Å². The van der Waals surface area contributed by atoms with Crippen molar-refractivity contribution in [3.63, 3.8) is 0 Å². The van der Waals surface area contributed by atoms with Gasteiger partial charge in [-0.3, -0.25) is 0 Å². The van der Waals surface area contributed by atoms with E-state index in [0.717, 1.165) is 27.9 Å². The largest absolute Gasteiger partial charge is 0.315 e. The molecule has 5 heteroatoms. The van der Waals surface area contributed by atoms with Crippen LogP contribution in [-0.2, 0) is 0 Å². The first-order valence-electron chi connectivity index (χ1n) is 6.32. The third kappa shape index (κ3) is 2.53. The van der Waals surface area contributed by atoms with Crippen molar-refractivity contribution in [3.05, 3.63) is 64.0 Å². The zero-order chi connectivity index (χ0) is 14.1. The van der Waals surface area contributed by atoms with Crippen molar-refractivity contribution in [1.29, 1.82) is 0 Å². The van der Waals surface area contributed by atoms with Crippen LogP contribution in [0.1, 0.15) is 22.5 Å². The van der Waals surface area contributed by atoms with Gasteiger partial charge in [0.15, 0.2) is 0 Å². The number of aromatic nitrogens is 2. The molecule has 1 aromatic carbocycles. The van der Waals surface area contributed by atoms with E-state index in [1.807, 2.05) is 44.3 Å². The van der Waals surface area contributed by atoms with Crippen LogP contribution >= 0.6 is 23.4 Å². The molecule has 0 aliphatic carbocycles. The Bertz CT molecular complexity index is 652. The second-order valence-electron chi connectivity index (χ2n) is 4.62. The molecule has 0 bridgehead atoms. The summed E-state index contributed by atoms with van der Waals surface area (Å²) in [6.45, 7) is 3.89. The summed E-state index contributed by atoms with van der Waals surface area (Å²) in [5.74, 6) is 1.68. The molecule has 0 saturated carbocycles. The number of thioether (sulfide) groups is 1. The number of hydrogen-bond donors (Lipinski definition) is 0. The number of benzene rings is 1. The molecular weight excluding hydrogens is 290 g/mol. The highest BCUT2D eigenvalue weighted by Gasteiger charge is 2.26. The van der Waals surface area contributed by atoms with Crippen LogP contribution in [0.15, 0.2) is 41.9 Å². The topological polar surface area (TPSA) is 29.0 Å². The molecule has 1 atom stereocenters. The van der Waals surface area contributed by atoms with Crippen LogP contribution in [0.25, 0.3) is 0 Å². The van der Waals surface area contributed by atoms with Gasteiger partial charge >= 0.3 is 0 Å². The fraction of sp³-hybridized carbons (Fsp3) is 0.200. The van der Waals surface area contributed by atoms with E-state index in [2.05, 4.69) is 26.3 Å². The van der Waals surface area contributed by atoms with E-state index in [9.17, 15) is 0 Å². The second kappa shape index (κ2) is 5.46. The van der Waals surface area contributed by atoms with Crippen LogP contribution in [0.3, 0.4) is 0 Å². The molecule has 0 saturated heterocycles. The predicted octanol–water partition coefficient (Wildman–Crippen LogP) is 4.47. The number of halogens is 1. The SMILES string of the molecule is Cc1cc(N2C=CSC2c2ccccc2Cl)nc(C)n1. The van der Waals surface area contributed by atoms with E-state index in [4.69, 9.17) is 11.6 Å². The van der Waals surface area contributed by atoms with Gasteiger partial charge in [0.2, 0.25) is 0 Å². The summed E-state index contributed by atoms with van der Waals surface area (Å²) >= 11 is 8.04. The van der Waals surface area contributed by atoms with E-state index in [1.54, 1.807) is 11.8 Å². The first kappa shape index (κ1) is 13.5. The Morgan fingerprint density at radius 3 is 2.75 bits per heavy atom. The van der Waals surface area contributed by atoms with Gasteiger partial charge in [0.25, 0.3) is 0 Å². The average Bonchev–Trinajstić information content (AvgIpc) is 2.87. The minimum atomic E-state index is 0.123. The van der Waals surface area contributed by atoms with Crippen LogP contribution in [0.2, 0.25) is 5.02 Å². The quantitative estimate of drug-likeness (QED) is 0.818. The first-order valence-corrected chi connectivity index (χ1v) is 7.64. The smallest absolute Gasteiger partial charge is 0.137 e. The Balaban J connectivity index is 2.00. The number of nitrogens with zero attached hydrogens (tertiary/aromatic N) is 3. The molecule has 0 spiro atoms. The number of anilines is 1. The summed E-state index contributed by atoms with van der Waals surface area (Å²) in [5.41, 5.74) is 2.06. The molecule has 1 unspecified atom stereocenters. The molecule has 1 aromatic heterocycles. The van der Waals surface area contributed by atoms with Gasteiger partial charge in [-0.05, 0) is 25.3 Å². The van der Waals surface area contributed by atoms with E-state index >= 15 is 0 Å². The van der Waals surface area contributed by atoms with E-state index in [0.29, 0.717) is 0 Å². The van der Waals surface area contributed by atoms with Crippen molar-refractivity contribution in [2.45, 2.75) is 19.2 Å². The Morgan fingerprint density at radius 1 is 1.20 bits per heavy atom. The van der Waals surface area contributed by atoms with Crippen LogP contribution in [0, 0.1) is 13.8 Å². The second-order valence-corrected chi connectivity index (χ2v) is 6.02. The summed E-state index contributed by atoms with van der Waals surface area (Å²) in [4.78, 5) is 11.0. The lowest BCUT2D eigenvalue weighted by molar-refractivity contribution is 0.899. The van der Waals surface area contributed by atoms with Gasteiger partial charge in [-0.2, -0.15) is 0 Å². The zero-order valence-electron chi connectivity index (χ0n) is 11.2.